The fourth-order valence-corrected chi connectivity index (χ4v) is 4.69. The van der Waals surface area contributed by atoms with Crippen LogP contribution >= 0.6 is 23.2 Å². The fraction of sp³-hybridized carbons (Fsp3) is 0.304. The van der Waals surface area contributed by atoms with Gasteiger partial charge in [-0.25, -0.2) is 9.97 Å². The Kier molecular flexibility index (Phi) is 5.42. The van der Waals surface area contributed by atoms with Gasteiger partial charge in [0.05, 0.1) is 21.5 Å². The van der Waals surface area contributed by atoms with Crippen molar-refractivity contribution in [1.82, 2.24) is 15.0 Å². The Morgan fingerprint density at radius 1 is 0.938 bits per heavy atom. The van der Waals surface area contributed by atoms with Gasteiger partial charge in [-0.1, -0.05) is 41.4 Å². The minimum absolute atomic E-state index is 0.0439. The van der Waals surface area contributed by atoms with E-state index in [1.54, 1.807) is 18.2 Å². The number of pyridine rings is 1. The molecule has 2 aromatic carbocycles. The van der Waals surface area contributed by atoms with E-state index in [1.165, 1.54) is 0 Å². The number of rotatable bonds is 3. The summed E-state index contributed by atoms with van der Waals surface area (Å²) in [6.45, 7) is 0. The molecule has 0 aliphatic heterocycles. The first-order valence-corrected chi connectivity index (χ1v) is 11.1. The van der Waals surface area contributed by atoms with Gasteiger partial charge in [-0.15, -0.1) is 0 Å². The smallest absolute Gasteiger partial charge is 0.339 e. The third-order valence-corrected chi connectivity index (χ3v) is 6.85. The maximum atomic E-state index is 13.1. The average molecular weight is 479 g/mol. The second-order valence-corrected chi connectivity index (χ2v) is 8.98. The van der Waals surface area contributed by atoms with Crippen LogP contribution in [0.5, 0.6) is 0 Å². The highest BCUT2D eigenvalue weighted by molar-refractivity contribution is 6.42. The van der Waals surface area contributed by atoms with Gasteiger partial charge in [-0.3, -0.25) is 0 Å². The lowest BCUT2D eigenvalue weighted by Crippen LogP contribution is -2.27. The van der Waals surface area contributed by atoms with Crippen molar-refractivity contribution in [3.8, 4) is 0 Å². The molecule has 0 amide bonds. The van der Waals surface area contributed by atoms with Crippen molar-refractivity contribution in [3.63, 3.8) is 0 Å². The van der Waals surface area contributed by atoms with E-state index in [1.807, 2.05) is 24.3 Å². The van der Waals surface area contributed by atoms with Crippen LogP contribution in [0.15, 0.2) is 42.5 Å². The molecule has 1 aliphatic rings. The van der Waals surface area contributed by atoms with Crippen molar-refractivity contribution in [2.45, 2.75) is 37.8 Å². The van der Waals surface area contributed by atoms with Crippen LogP contribution in [0.2, 0.25) is 10.0 Å². The van der Waals surface area contributed by atoms with E-state index in [0.717, 1.165) is 16.4 Å². The number of nitrogens with zero attached hydrogens (tertiary/aromatic N) is 2. The van der Waals surface area contributed by atoms with Crippen LogP contribution in [0.4, 0.5) is 24.7 Å². The number of anilines is 2. The lowest BCUT2D eigenvalue weighted by atomic mass is 9.81. The zero-order valence-electron chi connectivity index (χ0n) is 16.8. The van der Waals surface area contributed by atoms with Crippen LogP contribution in [-0.4, -0.2) is 21.1 Å². The summed E-state index contributed by atoms with van der Waals surface area (Å²) in [5.41, 5.74) is 2.93. The van der Waals surface area contributed by atoms with Crippen molar-refractivity contribution >= 4 is 56.6 Å². The van der Waals surface area contributed by atoms with Crippen LogP contribution in [0.1, 0.15) is 37.4 Å². The number of fused-ring (bicyclic) bond motifs is 3. The zero-order valence-corrected chi connectivity index (χ0v) is 18.3. The molecule has 1 fully saturated rings. The lowest BCUT2D eigenvalue weighted by molar-refractivity contribution is -0.182. The largest absolute Gasteiger partial charge is 0.391 e. The molecule has 0 saturated heterocycles. The summed E-state index contributed by atoms with van der Waals surface area (Å²) < 4.78 is 39.2. The molecule has 1 saturated carbocycles. The van der Waals surface area contributed by atoms with Crippen LogP contribution in [0.3, 0.4) is 0 Å². The van der Waals surface area contributed by atoms with E-state index in [0.29, 0.717) is 45.7 Å². The molecule has 9 heteroatoms. The maximum absolute atomic E-state index is 13.1. The number of alkyl halides is 3. The quantitative estimate of drug-likeness (QED) is 0.313. The Morgan fingerprint density at radius 3 is 2.41 bits per heavy atom. The molecule has 0 spiro atoms. The van der Waals surface area contributed by atoms with E-state index >= 15 is 0 Å². The van der Waals surface area contributed by atoms with Crippen LogP contribution in [-0.2, 0) is 0 Å². The predicted octanol–water partition coefficient (Wildman–Crippen LogP) is 8.00. The van der Waals surface area contributed by atoms with Gasteiger partial charge in [-0.2, -0.15) is 13.2 Å². The number of nitrogens with one attached hydrogen (secondary N) is 2. The van der Waals surface area contributed by atoms with Gasteiger partial charge in [0.2, 0.25) is 0 Å². The molecular weight excluding hydrogens is 460 g/mol. The van der Waals surface area contributed by atoms with Gasteiger partial charge in [0.15, 0.2) is 5.82 Å². The molecule has 2 heterocycles. The highest BCUT2D eigenvalue weighted by Gasteiger charge is 2.42. The molecule has 4 nitrogen and oxygen atoms in total. The lowest BCUT2D eigenvalue weighted by Gasteiger charge is -2.28. The van der Waals surface area contributed by atoms with Crippen molar-refractivity contribution in [2.24, 2.45) is 5.92 Å². The fourth-order valence-electron chi connectivity index (χ4n) is 4.39. The van der Waals surface area contributed by atoms with Gasteiger partial charge >= 0.3 is 6.18 Å². The number of imidazole rings is 1. The first-order valence-electron chi connectivity index (χ1n) is 10.4. The molecular formula is C23H19Cl2F3N4. The highest BCUT2D eigenvalue weighted by Crippen LogP contribution is 2.43. The molecule has 4 aromatic rings. The minimum atomic E-state index is -4.13. The SMILES string of the molecule is FC(F)(F)C1CCC(c2nc3c([nH]2)c(Nc2ccc(Cl)c(Cl)c2)nc2ccccc23)CC1. The number of halogens is 5. The molecule has 2 N–H and O–H groups in total. The number of aromatic nitrogens is 3. The van der Waals surface area contributed by atoms with E-state index < -0.39 is 12.1 Å². The van der Waals surface area contributed by atoms with Gasteiger partial charge in [0.1, 0.15) is 16.9 Å². The van der Waals surface area contributed by atoms with Crippen molar-refractivity contribution in [2.75, 3.05) is 5.32 Å². The molecule has 0 bridgehead atoms. The standard InChI is InChI=1S/C23H19Cl2F3N4/c24-16-10-9-14(11-17(16)25)29-22-20-19(15-3-1-2-4-18(15)30-22)31-21(32-20)12-5-7-13(8-6-12)23(26,27)28/h1-4,9-13H,5-8H2,(H,29,30)(H,31,32). The molecule has 32 heavy (non-hydrogen) atoms. The summed E-state index contributed by atoms with van der Waals surface area (Å²) in [6.07, 6.45) is -2.98. The normalized spacial score (nSPS) is 19.5. The molecule has 166 valence electrons. The molecule has 2 aromatic heterocycles. The Labute approximate surface area is 192 Å². The summed E-state index contributed by atoms with van der Waals surface area (Å²) in [7, 11) is 0. The van der Waals surface area contributed by atoms with Gasteiger partial charge in [0, 0.05) is 17.0 Å². The van der Waals surface area contributed by atoms with Crippen molar-refractivity contribution < 1.29 is 13.2 Å². The molecule has 0 atom stereocenters. The van der Waals surface area contributed by atoms with Crippen molar-refractivity contribution in [1.29, 1.82) is 0 Å². The first-order chi connectivity index (χ1) is 15.3. The topological polar surface area (TPSA) is 53.6 Å². The molecule has 1 aliphatic carbocycles. The van der Waals surface area contributed by atoms with Gasteiger partial charge in [0.25, 0.3) is 0 Å². The minimum Gasteiger partial charge on any atom is -0.339 e. The van der Waals surface area contributed by atoms with Gasteiger partial charge < -0.3 is 10.3 Å². The Morgan fingerprint density at radius 2 is 1.69 bits per heavy atom. The van der Waals surface area contributed by atoms with E-state index in [9.17, 15) is 13.2 Å². The predicted molar refractivity (Wildman–Crippen MR) is 122 cm³/mol. The summed E-state index contributed by atoms with van der Waals surface area (Å²) in [5.74, 6) is 0.00544. The molecule has 0 radical (unpaired) electrons. The second-order valence-electron chi connectivity index (χ2n) is 8.17. The number of para-hydroxylation sites is 1. The number of hydrogen-bond acceptors (Lipinski definition) is 3. The van der Waals surface area contributed by atoms with E-state index in [-0.39, 0.29) is 18.8 Å². The summed E-state index contributed by atoms with van der Waals surface area (Å²) in [6, 6.07) is 12.9. The van der Waals surface area contributed by atoms with Gasteiger partial charge in [-0.05, 0) is 49.9 Å². The highest BCUT2D eigenvalue weighted by atomic mass is 35.5. The number of hydrogen-bond donors (Lipinski definition) is 2. The Balaban J connectivity index is 1.54. The van der Waals surface area contributed by atoms with Crippen LogP contribution in [0, 0.1) is 5.92 Å². The number of H-pyrrole nitrogens is 1. The Hall–Kier alpha value is -2.51. The van der Waals surface area contributed by atoms with Crippen LogP contribution in [0.25, 0.3) is 21.9 Å². The van der Waals surface area contributed by atoms with E-state index in [2.05, 4.69) is 10.3 Å². The monoisotopic (exact) mass is 478 g/mol. The maximum Gasteiger partial charge on any atom is 0.391 e. The number of aromatic amines is 1. The third-order valence-electron chi connectivity index (χ3n) is 6.11. The summed E-state index contributed by atoms with van der Waals surface area (Å²) in [5, 5.41) is 5.03. The number of benzene rings is 2. The van der Waals surface area contributed by atoms with E-state index in [4.69, 9.17) is 33.2 Å². The molecule has 0 unspecified atom stereocenters. The summed E-state index contributed by atoms with van der Waals surface area (Å²) in [4.78, 5) is 12.9. The third kappa shape index (κ3) is 3.99. The second kappa shape index (κ2) is 8.12. The Bertz CT molecular complexity index is 1290. The van der Waals surface area contributed by atoms with Crippen LogP contribution < -0.4 is 5.32 Å². The van der Waals surface area contributed by atoms with Crippen molar-refractivity contribution in [3.05, 3.63) is 58.3 Å². The zero-order chi connectivity index (χ0) is 22.5. The average Bonchev–Trinajstić information content (AvgIpc) is 3.22. The molecule has 5 rings (SSSR count). The first kappa shape index (κ1) is 21.3. The summed E-state index contributed by atoms with van der Waals surface area (Å²) >= 11 is 12.2.